The van der Waals surface area contributed by atoms with E-state index in [-0.39, 0.29) is 7.92 Å². The van der Waals surface area contributed by atoms with Gasteiger partial charge < -0.3 is 0 Å². The van der Waals surface area contributed by atoms with E-state index in [1.165, 1.54) is 70.6 Å². The van der Waals surface area contributed by atoms with Gasteiger partial charge in [-0.3, -0.25) is 0 Å². The van der Waals surface area contributed by atoms with Gasteiger partial charge in [0.25, 0.3) is 0 Å². The predicted octanol–water partition coefficient (Wildman–Crippen LogP) is 6.97. The molecule has 0 aromatic heterocycles. The molecule has 128 valence electrons. The Kier molecular flexibility index (Phi) is 6.58. The smallest absolute Gasteiger partial charge is 0.0162 e. The van der Waals surface area contributed by atoms with Crippen LogP contribution in [0.1, 0.15) is 81.3 Å². The number of aryl methyl sites for hydroxylation is 1. The minimum atomic E-state index is 0.248. The van der Waals surface area contributed by atoms with E-state index in [4.69, 9.17) is 0 Å². The maximum Gasteiger partial charge on any atom is -0.0162 e. The van der Waals surface area contributed by atoms with Crippen LogP contribution in [0.4, 0.5) is 0 Å². The molecule has 0 saturated heterocycles. The van der Waals surface area contributed by atoms with E-state index in [0.29, 0.717) is 0 Å². The summed E-state index contributed by atoms with van der Waals surface area (Å²) in [6, 6.07) is 9.75. The normalized spacial score (nSPS) is 26.6. The van der Waals surface area contributed by atoms with Crippen molar-refractivity contribution in [2.24, 2.45) is 5.92 Å². The van der Waals surface area contributed by atoms with Crippen molar-refractivity contribution in [3.8, 4) is 0 Å². The zero-order valence-corrected chi connectivity index (χ0v) is 16.2. The fourth-order valence-corrected chi connectivity index (χ4v) is 6.79. The summed E-state index contributed by atoms with van der Waals surface area (Å²) in [7, 11) is 0.248. The molecule has 2 atom stereocenters. The van der Waals surface area contributed by atoms with Gasteiger partial charge in [0.05, 0.1) is 0 Å². The lowest BCUT2D eigenvalue weighted by molar-refractivity contribution is 0.347. The first-order valence-corrected chi connectivity index (χ1v) is 12.3. The lowest BCUT2D eigenvalue weighted by atomic mass is 9.83. The van der Waals surface area contributed by atoms with Crippen LogP contribution in [0.15, 0.2) is 24.3 Å². The second-order valence-corrected chi connectivity index (χ2v) is 10.8. The van der Waals surface area contributed by atoms with Gasteiger partial charge in [-0.1, -0.05) is 56.4 Å². The minimum absolute atomic E-state index is 0.248. The third kappa shape index (κ3) is 4.82. The fourth-order valence-electron chi connectivity index (χ4n) is 4.95. The molecule has 0 N–H and O–H groups in total. The fraction of sp³-hybridized carbons (Fsp3) is 0.727. The molecule has 3 rings (SSSR count). The third-order valence-corrected chi connectivity index (χ3v) is 8.40. The van der Waals surface area contributed by atoms with Gasteiger partial charge in [0.15, 0.2) is 0 Å². The van der Waals surface area contributed by atoms with Crippen molar-refractivity contribution in [3.05, 3.63) is 35.4 Å². The summed E-state index contributed by atoms with van der Waals surface area (Å²) >= 11 is 0. The summed E-state index contributed by atoms with van der Waals surface area (Å²) in [5.41, 5.74) is 4.22. The molecule has 2 aliphatic rings. The van der Waals surface area contributed by atoms with E-state index in [9.17, 15) is 0 Å². The van der Waals surface area contributed by atoms with Gasteiger partial charge in [-0.2, -0.15) is 0 Å². The van der Waals surface area contributed by atoms with Crippen molar-refractivity contribution in [2.75, 3.05) is 13.3 Å². The van der Waals surface area contributed by atoms with Gasteiger partial charge in [-0.15, -0.1) is 7.92 Å². The third-order valence-electron chi connectivity index (χ3n) is 6.39. The molecule has 1 aromatic rings. The van der Waals surface area contributed by atoms with E-state index < -0.39 is 0 Å². The second kappa shape index (κ2) is 8.66. The molecule has 0 radical (unpaired) electrons. The molecule has 1 aromatic carbocycles. The van der Waals surface area contributed by atoms with E-state index in [2.05, 4.69) is 37.6 Å². The molecule has 2 saturated carbocycles. The van der Waals surface area contributed by atoms with Crippen LogP contribution in [0.3, 0.4) is 0 Å². The van der Waals surface area contributed by atoms with Crippen molar-refractivity contribution < 1.29 is 0 Å². The van der Waals surface area contributed by atoms with Gasteiger partial charge >= 0.3 is 0 Å². The summed E-state index contributed by atoms with van der Waals surface area (Å²) in [6.07, 6.45) is 15.8. The maximum absolute atomic E-state index is 2.50. The van der Waals surface area contributed by atoms with Gasteiger partial charge in [-0.05, 0) is 80.5 Å². The van der Waals surface area contributed by atoms with E-state index in [1.807, 2.05) is 0 Å². The molecule has 2 aliphatic carbocycles. The number of hydrogen-bond donors (Lipinski definition) is 0. The Hall–Kier alpha value is -0.350. The van der Waals surface area contributed by atoms with E-state index in [1.54, 1.807) is 11.1 Å². The highest BCUT2D eigenvalue weighted by Crippen LogP contribution is 2.46. The molecule has 0 nitrogen and oxygen atoms in total. The van der Waals surface area contributed by atoms with E-state index in [0.717, 1.165) is 17.5 Å². The zero-order chi connectivity index (χ0) is 16.1. The molecule has 0 amide bonds. The average molecular weight is 330 g/mol. The highest BCUT2D eigenvalue weighted by atomic mass is 31.1. The van der Waals surface area contributed by atoms with Gasteiger partial charge in [0.2, 0.25) is 0 Å². The molecular formula is C22H35P. The standard InChI is InChI=1S/C22H35P/c1-23(2)22-11-7-6-10-21(22)17-14-18-12-15-20(16-13-18)19-8-4-3-5-9-19/h12-13,15-16,19,21-22H,3-11,14,17H2,1-2H3/t21-,22?/m1/s1. The summed E-state index contributed by atoms with van der Waals surface area (Å²) in [5, 5.41) is 0. The number of benzene rings is 1. The number of rotatable bonds is 5. The van der Waals surface area contributed by atoms with Crippen LogP contribution in [0.2, 0.25) is 0 Å². The first kappa shape index (κ1) is 17.5. The summed E-state index contributed by atoms with van der Waals surface area (Å²) in [6.45, 7) is 4.99. The van der Waals surface area contributed by atoms with Gasteiger partial charge in [0.1, 0.15) is 0 Å². The minimum Gasteiger partial charge on any atom is -0.110 e. The van der Waals surface area contributed by atoms with Crippen LogP contribution in [0, 0.1) is 5.92 Å². The van der Waals surface area contributed by atoms with Crippen LogP contribution >= 0.6 is 7.92 Å². The van der Waals surface area contributed by atoms with Gasteiger partial charge in [-0.25, -0.2) is 0 Å². The first-order chi connectivity index (χ1) is 11.2. The predicted molar refractivity (Wildman–Crippen MR) is 105 cm³/mol. The SMILES string of the molecule is CP(C)C1CCCC[C@@H]1CCc1ccc(C2CCCCC2)cc1. The van der Waals surface area contributed by atoms with Crippen LogP contribution in [0.25, 0.3) is 0 Å². The molecule has 0 bridgehead atoms. The Morgan fingerprint density at radius 1 is 0.826 bits per heavy atom. The van der Waals surface area contributed by atoms with Gasteiger partial charge in [0, 0.05) is 0 Å². The van der Waals surface area contributed by atoms with Crippen LogP contribution in [-0.2, 0) is 6.42 Å². The van der Waals surface area contributed by atoms with E-state index >= 15 is 0 Å². The molecule has 2 fully saturated rings. The Balaban J connectivity index is 1.53. The Morgan fingerprint density at radius 3 is 2.17 bits per heavy atom. The van der Waals surface area contributed by atoms with Crippen LogP contribution in [-0.4, -0.2) is 19.0 Å². The van der Waals surface area contributed by atoms with Crippen molar-refractivity contribution in [2.45, 2.75) is 82.2 Å². The van der Waals surface area contributed by atoms with Crippen molar-refractivity contribution in [3.63, 3.8) is 0 Å². The highest BCUT2D eigenvalue weighted by molar-refractivity contribution is 7.56. The van der Waals surface area contributed by atoms with Crippen molar-refractivity contribution >= 4 is 7.92 Å². The average Bonchev–Trinajstić information content (AvgIpc) is 2.61. The Bertz CT molecular complexity index is 455. The Morgan fingerprint density at radius 2 is 1.48 bits per heavy atom. The lowest BCUT2D eigenvalue weighted by Crippen LogP contribution is -2.23. The lowest BCUT2D eigenvalue weighted by Gasteiger charge is -2.34. The van der Waals surface area contributed by atoms with Crippen molar-refractivity contribution in [1.29, 1.82) is 0 Å². The Labute approximate surface area is 145 Å². The quantitative estimate of drug-likeness (QED) is 0.511. The molecule has 1 unspecified atom stereocenters. The summed E-state index contributed by atoms with van der Waals surface area (Å²) < 4.78 is 0. The molecule has 0 spiro atoms. The first-order valence-electron chi connectivity index (χ1n) is 9.99. The van der Waals surface area contributed by atoms with Crippen LogP contribution < -0.4 is 0 Å². The molecule has 0 heterocycles. The highest BCUT2D eigenvalue weighted by Gasteiger charge is 2.26. The molecule has 23 heavy (non-hydrogen) atoms. The molecule has 1 heteroatoms. The summed E-state index contributed by atoms with van der Waals surface area (Å²) in [5.74, 6) is 1.85. The second-order valence-electron chi connectivity index (χ2n) is 8.19. The largest absolute Gasteiger partial charge is 0.110 e. The van der Waals surface area contributed by atoms with Crippen molar-refractivity contribution in [1.82, 2.24) is 0 Å². The monoisotopic (exact) mass is 330 g/mol. The zero-order valence-electron chi connectivity index (χ0n) is 15.3. The molecular weight excluding hydrogens is 295 g/mol. The maximum atomic E-state index is 2.50. The molecule has 0 aliphatic heterocycles. The number of hydrogen-bond acceptors (Lipinski definition) is 0. The summed E-state index contributed by atoms with van der Waals surface area (Å²) in [4.78, 5) is 0. The topological polar surface area (TPSA) is 0 Å². The van der Waals surface area contributed by atoms with Crippen LogP contribution in [0.5, 0.6) is 0 Å².